The molecule has 0 radical (unpaired) electrons. The average molecular weight is 296 g/mol. The molecule has 112 valence electrons. The van der Waals surface area contributed by atoms with Crippen LogP contribution in [-0.2, 0) is 24.1 Å². The Morgan fingerprint density at radius 3 is 2.77 bits per heavy atom. The Balaban J connectivity index is 1.67. The standard InChI is InChI=1S/C17H16N2O3/c20-17(18-15-5-2-6-16(11-15)19(21)22)10-12-7-8-13-3-1-4-14(13)9-12/h2,5-9,11H,1,3-4,10H2,(H,18,20). The molecule has 1 aliphatic carbocycles. The maximum atomic E-state index is 12.1. The van der Waals surface area contributed by atoms with Crippen LogP contribution in [0.4, 0.5) is 11.4 Å². The van der Waals surface area contributed by atoms with Crippen molar-refractivity contribution in [2.45, 2.75) is 25.7 Å². The molecule has 0 saturated carbocycles. The van der Waals surface area contributed by atoms with E-state index in [2.05, 4.69) is 17.4 Å². The number of anilines is 1. The Labute approximate surface area is 128 Å². The number of hydrogen-bond donors (Lipinski definition) is 1. The van der Waals surface area contributed by atoms with Crippen LogP contribution in [0.3, 0.4) is 0 Å². The lowest BCUT2D eigenvalue weighted by atomic mass is 10.0. The first-order chi connectivity index (χ1) is 10.6. The first-order valence-electron chi connectivity index (χ1n) is 7.27. The Bertz CT molecular complexity index is 740. The van der Waals surface area contributed by atoms with Gasteiger partial charge in [0.15, 0.2) is 0 Å². The van der Waals surface area contributed by atoms with Gasteiger partial charge in [-0.15, -0.1) is 0 Å². The molecule has 5 heteroatoms. The second-order valence-corrected chi connectivity index (χ2v) is 5.49. The van der Waals surface area contributed by atoms with Crippen molar-refractivity contribution in [2.24, 2.45) is 0 Å². The van der Waals surface area contributed by atoms with E-state index in [1.54, 1.807) is 12.1 Å². The molecule has 22 heavy (non-hydrogen) atoms. The second-order valence-electron chi connectivity index (χ2n) is 5.49. The summed E-state index contributed by atoms with van der Waals surface area (Å²) in [7, 11) is 0. The summed E-state index contributed by atoms with van der Waals surface area (Å²) in [4.78, 5) is 22.3. The minimum atomic E-state index is -0.476. The molecule has 2 aromatic carbocycles. The molecule has 0 aromatic heterocycles. The molecule has 0 saturated heterocycles. The fourth-order valence-corrected chi connectivity index (χ4v) is 2.82. The van der Waals surface area contributed by atoms with Crippen LogP contribution in [0.15, 0.2) is 42.5 Å². The third-order valence-electron chi connectivity index (χ3n) is 3.87. The number of aryl methyl sites for hydroxylation is 2. The number of nitrogens with one attached hydrogen (secondary N) is 1. The maximum Gasteiger partial charge on any atom is 0.271 e. The smallest absolute Gasteiger partial charge is 0.271 e. The predicted molar refractivity (Wildman–Crippen MR) is 83.9 cm³/mol. The van der Waals surface area contributed by atoms with Gasteiger partial charge in [0, 0.05) is 17.8 Å². The molecule has 0 bridgehead atoms. The lowest BCUT2D eigenvalue weighted by Gasteiger charge is -2.07. The van der Waals surface area contributed by atoms with E-state index in [0.717, 1.165) is 18.4 Å². The van der Waals surface area contributed by atoms with E-state index in [-0.39, 0.29) is 18.0 Å². The van der Waals surface area contributed by atoms with Crippen LogP contribution < -0.4 is 5.32 Å². The number of carbonyl (C=O) groups is 1. The molecule has 0 fully saturated rings. The minimum Gasteiger partial charge on any atom is -0.326 e. The van der Waals surface area contributed by atoms with Crippen LogP contribution in [0.25, 0.3) is 0 Å². The van der Waals surface area contributed by atoms with E-state index in [9.17, 15) is 14.9 Å². The zero-order valence-corrected chi connectivity index (χ0v) is 12.0. The van der Waals surface area contributed by atoms with Crippen LogP contribution in [-0.4, -0.2) is 10.8 Å². The van der Waals surface area contributed by atoms with Crippen LogP contribution in [0.5, 0.6) is 0 Å². The van der Waals surface area contributed by atoms with Gasteiger partial charge in [0.2, 0.25) is 5.91 Å². The SMILES string of the molecule is O=C(Cc1ccc2c(c1)CCC2)Nc1cccc([N+](=O)[O-])c1. The summed E-state index contributed by atoms with van der Waals surface area (Å²) in [6.07, 6.45) is 3.65. The summed E-state index contributed by atoms with van der Waals surface area (Å²) in [5.41, 5.74) is 4.10. The van der Waals surface area contributed by atoms with Gasteiger partial charge in [0.25, 0.3) is 5.69 Å². The van der Waals surface area contributed by atoms with E-state index in [4.69, 9.17) is 0 Å². The molecule has 0 aliphatic heterocycles. The van der Waals surface area contributed by atoms with Crippen LogP contribution in [0.2, 0.25) is 0 Å². The van der Waals surface area contributed by atoms with Gasteiger partial charge in [-0.1, -0.05) is 24.3 Å². The quantitative estimate of drug-likeness (QED) is 0.695. The first kappa shape index (κ1) is 14.3. The average Bonchev–Trinajstić information content (AvgIpc) is 2.95. The molecule has 0 atom stereocenters. The fraction of sp³-hybridized carbons (Fsp3) is 0.235. The molecule has 1 N–H and O–H groups in total. The lowest BCUT2D eigenvalue weighted by molar-refractivity contribution is -0.384. The van der Waals surface area contributed by atoms with Gasteiger partial charge in [0.05, 0.1) is 11.3 Å². The topological polar surface area (TPSA) is 72.2 Å². The number of fused-ring (bicyclic) bond motifs is 1. The largest absolute Gasteiger partial charge is 0.326 e. The van der Waals surface area contributed by atoms with Gasteiger partial charge in [-0.3, -0.25) is 14.9 Å². The van der Waals surface area contributed by atoms with Crippen molar-refractivity contribution < 1.29 is 9.72 Å². The summed E-state index contributed by atoms with van der Waals surface area (Å²) >= 11 is 0. The summed E-state index contributed by atoms with van der Waals surface area (Å²) in [5.74, 6) is -0.168. The van der Waals surface area contributed by atoms with Crippen molar-refractivity contribution in [3.63, 3.8) is 0 Å². The van der Waals surface area contributed by atoms with Gasteiger partial charge < -0.3 is 5.32 Å². The summed E-state index contributed by atoms with van der Waals surface area (Å²) in [6, 6.07) is 12.1. The van der Waals surface area contributed by atoms with Gasteiger partial charge in [-0.25, -0.2) is 0 Å². The number of non-ortho nitro benzene ring substituents is 1. The minimum absolute atomic E-state index is 0.0321. The number of nitrogens with zero attached hydrogens (tertiary/aromatic N) is 1. The van der Waals surface area contributed by atoms with Crippen molar-refractivity contribution in [2.75, 3.05) is 5.32 Å². The van der Waals surface area contributed by atoms with Crippen molar-refractivity contribution in [1.29, 1.82) is 0 Å². The van der Waals surface area contributed by atoms with Crippen molar-refractivity contribution in [3.05, 3.63) is 69.3 Å². The highest BCUT2D eigenvalue weighted by atomic mass is 16.6. The van der Waals surface area contributed by atoms with Crippen LogP contribution >= 0.6 is 0 Å². The molecule has 1 aliphatic rings. The van der Waals surface area contributed by atoms with Gasteiger partial charge >= 0.3 is 0 Å². The highest BCUT2D eigenvalue weighted by Crippen LogP contribution is 2.23. The third-order valence-corrected chi connectivity index (χ3v) is 3.87. The Morgan fingerprint density at radius 2 is 1.95 bits per heavy atom. The molecule has 5 nitrogen and oxygen atoms in total. The molecule has 0 spiro atoms. The van der Waals surface area contributed by atoms with E-state index in [1.807, 2.05) is 6.07 Å². The van der Waals surface area contributed by atoms with E-state index < -0.39 is 4.92 Å². The highest BCUT2D eigenvalue weighted by Gasteiger charge is 2.13. The third kappa shape index (κ3) is 3.14. The Morgan fingerprint density at radius 1 is 1.14 bits per heavy atom. The zero-order valence-electron chi connectivity index (χ0n) is 12.0. The van der Waals surface area contributed by atoms with E-state index >= 15 is 0 Å². The normalized spacial score (nSPS) is 12.7. The lowest BCUT2D eigenvalue weighted by Crippen LogP contribution is -2.14. The second kappa shape index (κ2) is 5.97. The predicted octanol–water partition coefficient (Wildman–Crippen LogP) is 3.26. The number of nitro groups is 1. The number of amides is 1. The molecule has 2 aromatic rings. The van der Waals surface area contributed by atoms with Crippen molar-refractivity contribution >= 4 is 17.3 Å². The van der Waals surface area contributed by atoms with Crippen molar-refractivity contribution in [1.82, 2.24) is 0 Å². The molecule has 3 rings (SSSR count). The van der Waals surface area contributed by atoms with Gasteiger partial charge in [-0.05, 0) is 42.0 Å². The van der Waals surface area contributed by atoms with Gasteiger partial charge in [0.1, 0.15) is 0 Å². The van der Waals surface area contributed by atoms with E-state index in [1.165, 1.54) is 29.7 Å². The Kier molecular flexibility index (Phi) is 3.87. The molecular formula is C17H16N2O3. The van der Waals surface area contributed by atoms with Crippen molar-refractivity contribution in [3.8, 4) is 0 Å². The summed E-state index contributed by atoms with van der Waals surface area (Å²) in [6.45, 7) is 0. The maximum absolute atomic E-state index is 12.1. The highest BCUT2D eigenvalue weighted by molar-refractivity contribution is 5.92. The molecule has 0 heterocycles. The molecular weight excluding hydrogens is 280 g/mol. The number of carbonyl (C=O) groups excluding carboxylic acids is 1. The number of hydrogen-bond acceptors (Lipinski definition) is 3. The molecule has 1 amide bonds. The van der Waals surface area contributed by atoms with E-state index in [0.29, 0.717) is 5.69 Å². The zero-order chi connectivity index (χ0) is 15.5. The van der Waals surface area contributed by atoms with Gasteiger partial charge in [-0.2, -0.15) is 0 Å². The number of rotatable bonds is 4. The van der Waals surface area contributed by atoms with Crippen LogP contribution in [0.1, 0.15) is 23.1 Å². The number of benzene rings is 2. The molecule has 0 unspecified atom stereocenters. The van der Waals surface area contributed by atoms with Crippen LogP contribution in [0, 0.1) is 10.1 Å². The Hall–Kier alpha value is -2.69. The monoisotopic (exact) mass is 296 g/mol. The fourth-order valence-electron chi connectivity index (χ4n) is 2.82. The summed E-state index contributed by atoms with van der Waals surface area (Å²) < 4.78 is 0. The first-order valence-corrected chi connectivity index (χ1v) is 7.27. The summed E-state index contributed by atoms with van der Waals surface area (Å²) in [5, 5.41) is 13.4. The number of nitro benzene ring substituents is 1.